The molecular weight excluding hydrogens is 338 g/mol. The van der Waals surface area contributed by atoms with Crippen molar-refractivity contribution in [2.24, 2.45) is 0 Å². The highest BCUT2D eigenvalue weighted by molar-refractivity contribution is 9.09. The van der Waals surface area contributed by atoms with Crippen molar-refractivity contribution in [3.63, 3.8) is 0 Å². The lowest BCUT2D eigenvalue weighted by molar-refractivity contribution is 0.513. The zero-order valence-corrected chi connectivity index (χ0v) is 13.6. The average Bonchev–Trinajstić information content (AvgIpc) is 2.99. The van der Waals surface area contributed by atoms with E-state index in [1.54, 1.807) is 15.9 Å². The molecule has 0 amide bonds. The Balaban J connectivity index is 2.07. The monoisotopic (exact) mass is 351 g/mol. The molecule has 0 spiro atoms. The maximum absolute atomic E-state index is 11.7. The zero-order valence-electron chi connectivity index (χ0n) is 11.2. The van der Waals surface area contributed by atoms with Gasteiger partial charge in [0, 0.05) is 16.3 Å². The summed E-state index contributed by atoms with van der Waals surface area (Å²) in [5, 5.41) is 0. The number of nitrogens with zero attached hydrogens (tertiary/aromatic N) is 1. The SMILES string of the molecule is CCn1c(=O)oc2cc(C(Br)c3ccc(C)s3)ccc21. The Morgan fingerprint density at radius 3 is 2.80 bits per heavy atom. The van der Waals surface area contributed by atoms with Gasteiger partial charge in [-0.1, -0.05) is 22.0 Å². The van der Waals surface area contributed by atoms with Gasteiger partial charge in [-0.3, -0.25) is 4.57 Å². The molecule has 20 heavy (non-hydrogen) atoms. The largest absolute Gasteiger partial charge is 0.419 e. The van der Waals surface area contributed by atoms with Crippen LogP contribution in [0.3, 0.4) is 0 Å². The van der Waals surface area contributed by atoms with Gasteiger partial charge in [-0.25, -0.2) is 4.79 Å². The van der Waals surface area contributed by atoms with Gasteiger partial charge in [-0.15, -0.1) is 11.3 Å². The zero-order chi connectivity index (χ0) is 14.3. The second kappa shape index (κ2) is 5.22. The third-order valence-corrected chi connectivity index (χ3v) is 5.70. The minimum Gasteiger partial charge on any atom is -0.408 e. The Kier molecular flexibility index (Phi) is 3.56. The lowest BCUT2D eigenvalue weighted by Gasteiger charge is -2.08. The van der Waals surface area contributed by atoms with Crippen LogP contribution in [0.2, 0.25) is 0 Å². The smallest absolute Gasteiger partial charge is 0.408 e. The maximum atomic E-state index is 11.7. The molecule has 104 valence electrons. The van der Waals surface area contributed by atoms with Crippen molar-refractivity contribution < 1.29 is 4.42 Å². The predicted molar refractivity (Wildman–Crippen MR) is 86.0 cm³/mol. The summed E-state index contributed by atoms with van der Waals surface area (Å²) in [4.78, 5) is 14.4. The van der Waals surface area contributed by atoms with Crippen LogP contribution in [0.1, 0.15) is 27.1 Å². The van der Waals surface area contributed by atoms with E-state index >= 15 is 0 Å². The molecule has 3 nitrogen and oxygen atoms in total. The van der Waals surface area contributed by atoms with Crippen LogP contribution in [0.5, 0.6) is 0 Å². The molecule has 0 radical (unpaired) electrons. The number of thiophene rings is 1. The van der Waals surface area contributed by atoms with Crippen molar-refractivity contribution in [3.8, 4) is 0 Å². The number of alkyl halides is 1. The van der Waals surface area contributed by atoms with E-state index < -0.39 is 0 Å². The van der Waals surface area contributed by atoms with E-state index in [9.17, 15) is 4.79 Å². The Morgan fingerprint density at radius 2 is 2.15 bits per heavy atom. The van der Waals surface area contributed by atoms with Gasteiger partial charge >= 0.3 is 5.76 Å². The van der Waals surface area contributed by atoms with Crippen LogP contribution in [0.4, 0.5) is 0 Å². The Labute approximate surface area is 129 Å². The maximum Gasteiger partial charge on any atom is 0.419 e. The van der Waals surface area contributed by atoms with Crippen molar-refractivity contribution in [3.05, 3.63) is 56.2 Å². The normalized spacial score (nSPS) is 12.9. The first-order chi connectivity index (χ1) is 9.60. The minimum absolute atomic E-state index is 0.126. The molecule has 0 aliphatic heterocycles. The summed E-state index contributed by atoms with van der Waals surface area (Å²) < 4.78 is 6.95. The third kappa shape index (κ3) is 2.25. The lowest BCUT2D eigenvalue weighted by Crippen LogP contribution is -2.11. The van der Waals surface area contributed by atoms with Crippen LogP contribution < -0.4 is 5.76 Å². The van der Waals surface area contributed by atoms with Gasteiger partial charge in [0.1, 0.15) is 0 Å². The molecule has 0 aliphatic rings. The first kappa shape index (κ1) is 13.6. The number of aryl methyl sites for hydroxylation is 2. The number of halogens is 1. The van der Waals surface area contributed by atoms with Gasteiger partial charge < -0.3 is 4.42 Å². The molecule has 3 rings (SSSR count). The number of hydrogen-bond acceptors (Lipinski definition) is 3. The summed E-state index contributed by atoms with van der Waals surface area (Å²) in [5.74, 6) is -0.294. The van der Waals surface area contributed by atoms with E-state index in [0.29, 0.717) is 12.1 Å². The summed E-state index contributed by atoms with van der Waals surface area (Å²) >= 11 is 5.48. The van der Waals surface area contributed by atoms with Crippen LogP contribution >= 0.6 is 27.3 Å². The summed E-state index contributed by atoms with van der Waals surface area (Å²) in [5.41, 5.74) is 2.59. The fourth-order valence-electron chi connectivity index (χ4n) is 2.29. The standard InChI is InChI=1S/C15H14BrNO2S/c1-3-17-11-6-5-10(8-12(11)19-15(17)18)14(16)13-7-4-9(2)20-13/h4-8,14H,3H2,1-2H3. The summed E-state index contributed by atoms with van der Waals surface area (Å²) in [6.45, 7) is 4.65. The van der Waals surface area contributed by atoms with E-state index in [-0.39, 0.29) is 10.6 Å². The molecular formula is C15H14BrNO2S. The summed E-state index contributed by atoms with van der Waals surface area (Å²) in [7, 11) is 0. The molecule has 0 bridgehead atoms. The summed E-state index contributed by atoms with van der Waals surface area (Å²) in [6.07, 6.45) is 0. The molecule has 2 aromatic heterocycles. The lowest BCUT2D eigenvalue weighted by atomic mass is 10.1. The average molecular weight is 352 g/mol. The molecule has 0 aliphatic carbocycles. The van der Waals surface area contributed by atoms with E-state index in [1.807, 2.05) is 25.1 Å². The second-order valence-corrected chi connectivity index (χ2v) is 6.89. The van der Waals surface area contributed by atoms with E-state index in [2.05, 4.69) is 35.0 Å². The van der Waals surface area contributed by atoms with Crippen LogP contribution in [0.15, 0.2) is 39.5 Å². The van der Waals surface area contributed by atoms with Gasteiger partial charge in [-0.2, -0.15) is 0 Å². The van der Waals surface area contributed by atoms with Crippen LogP contribution in [-0.2, 0) is 6.54 Å². The Morgan fingerprint density at radius 1 is 1.35 bits per heavy atom. The van der Waals surface area contributed by atoms with Gasteiger partial charge in [0.05, 0.1) is 10.3 Å². The van der Waals surface area contributed by atoms with Gasteiger partial charge in [0.2, 0.25) is 0 Å². The van der Waals surface area contributed by atoms with Crippen molar-refractivity contribution in [2.75, 3.05) is 0 Å². The van der Waals surface area contributed by atoms with Crippen LogP contribution in [-0.4, -0.2) is 4.57 Å². The van der Waals surface area contributed by atoms with Crippen molar-refractivity contribution in [2.45, 2.75) is 25.2 Å². The topological polar surface area (TPSA) is 35.1 Å². The molecule has 3 aromatic rings. The second-order valence-electron chi connectivity index (χ2n) is 4.65. The number of fused-ring (bicyclic) bond motifs is 1. The van der Waals surface area contributed by atoms with E-state index in [0.717, 1.165) is 11.1 Å². The minimum atomic E-state index is -0.294. The molecule has 0 saturated carbocycles. The quantitative estimate of drug-likeness (QED) is 0.652. The molecule has 5 heteroatoms. The van der Waals surface area contributed by atoms with Crippen molar-refractivity contribution >= 4 is 38.4 Å². The first-order valence-corrected chi connectivity index (χ1v) is 8.17. The molecule has 1 unspecified atom stereocenters. The number of hydrogen-bond donors (Lipinski definition) is 0. The molecule has 0 saturated heterocycles. The predicted octanol–water partition coefficient (Wildman–Crippen LogP) is 4.47. The highest BCUT2D eigenvalue weighted by atomic mass is 79.9. The molecule has 0 N–H and O–H groups in total. The first-order valence-electron chi connectivity index (χ1n) is 6.44. The van der Waals surface area contributed by atoms with E-state index in [1.165, 1.54) is 9.75 Å². The van der Waals surface area contributed by atoms with Gasteiger partial charge in [-0.05, 0) is 43.7 Å². The molecule has 0 fully saturated rings. The molecule has 1 atom stereocenters. The Hall–Kier alpha value is -1.33. The number of aromatic nitrogens is 1. The van der Waals surface area contributed by atoms with Gasteiger partial charge in [0.15, 0.2) is 5.58 Å². The van der Waals surface area contributed by atoms with Crippen LogP contribution in [0, 0.1) is 6.92 Å². The Bertz CT molecular complexity index is 815. The van der Waals surface area contributed by atoms with E-state index in [4.69, 9.17) is 4.42 Å². The van der Waals surface area contributed by atoms with Crippen molar-refractivity contribution in [1.29, 1.82) is 0 Å². The fourth-order valence-corrected chi connectivity index (χ4v) is 3.90. The van der Waals surface area contributed by atoms with Crippen molar-refractivity contribution in [1.82, 2.24) is 4.57 Å². The number of oxazole rings is 1. The van der Waals surface area contributed by atoms with Gasteiger partial charge in [0.25, 0.3) is 0 Å². The molecule has 2 heterocycles. The highest BCUT2D eigenvalue weighted by Gasteiger charge is 2.15. The fraction of sp³-hybridized carbons (Fsp3) is 0.267. The molecule has 1 aromatic carbocycles. The summed E-state index contributed by atoms with van der Waals surface area (Å²) in [6, 6.07) is 10.2. The van der Waals surface area contributed by atoms with Crippen LogP contribution in [0.25, 0.3) is 11.1 Å². The highest BCUT2D eigenvalue weighted by Crippen LogP contribution is 2.36. The number of benzene rings is 1. The number of rotatable bonds is 3. The third-order valence-electron chi connectivity index (χ3n) is 3.31.